The van der Waals surface area contributed by atoms with E-state index in [1.54, 1.807) is 6.07 Å². The van der Waals surface area contributed by atoms with Crippen molar-refractivity contribution >= 4 is 6.09 Å². The van der Waals surface area contributed by atoms with Crippen LogP contribution in [-0.4, -0.2) is 64.4 Å². The van der Waals surface area contributed by atoms with Crippen molar-refractivity contribution in [1.82, 2.24) is 9.80 Å². The van der Waals surface area contributed by atoms with Crippen LogP contribution in [0.5, 0.6) is 0 Å². The lowest BCUT2D eigenvalue weighted by Crippen LogP contribution is -2.51. The summed E-state index contributed by atoms with van der Waals surface area (Å²) in [5.41, 5.74) is 1.50. The van der Waals surface area contributed by atoms with Gasteiger partial charge >= 0.3 is 6.09 Å². The minimum absolute atomic E-state index is 0.149. The van der Waals surface area contributed by atoms with E-state index in [4.69, 9.17) is 0 Å². The standard InChI is InChI=1S/C25H30F2N2O3/c26-22-8-7-19(16-23(22)27)18-5-4-6-20(15-18)21(25(32)9-2-1-3-10-25)17-28-11-13-29(14-12-28)24(30)31/h4-8,15-16,21,32H,1-3,9-14,17H2,(H,30,31). The van der Waals surface area contributed by atoms with Gasteiger partial charge in [0.25, 0.3) is 0 Å². The smallest absolute Gasteiger partial charge is 0.407 e. The van der Waals surface area contributed by atoms with E-state index in [0.29, 0.717) is 38.3 Å². The quantitative estimate of drug-likeness (QED) is 0.701. The Kier molecular flexibility index (Phi) is 6.76. The Bertz CT molecular complexity index is 954. The third-order valence-electron chi connectivity index (χ3n) is 6.99. The zero-order valence-electron chi connectivity index (χ0n) is 18.1. The monoisotopic (exact) mass is 444 g/mol. The third-order valence-corrected chi connectivity index (χ3v) is 6.99. The number of rotatable bonds is 5. The van der Waals surface area contributed by atoms with Crippen LogP contribution in [0, 0.1) is 11.6 Å². The van der Waals surface area contributed by atoms with Gasteiger partial charge in [0.05, 0.1) is 5.60 Å². The lowest BCUT2D eigenvalue weighted by molar-refractivity contribution is -0.0338. The van der Waals surface area contributed by atoms with E-state index in [9.17, 15) is 23.8 Å². The number of aliphatic hydroxyl groups is 1. The molecule has 0 aromatic heterocycles. The topological polar surface area (TPSA) is 64.0 Å². The molecule has 7 heteroatoms. The Hall–Kier alpha value is -2.51. The van der Waals surface area contributed by atoms with Gasteiger partial charge in [0, 0.05) is 38.6 Å². The predicted octanol–water partition coefficient (Wildman–Crippen LogP) is 4.71. The first-order valence-corrected chi connectivity index (χ1v) is 11.3. The summed E-state index contributed by atoms with van der Waals surface area (Å²) in [6.07, 6.45) is 3.61. The van der Waals surface area contributed by atoms with Crippen LogP contribution in [-0.2, 0) is 0 Å². The zero-order valence-corrected chi connectivity index (χ0v) is 18.1. The number of amides is 1. The van der Waals surface area contributed by atoms with Gasteiger partial charge in [-0.1, -0.05) is 49.6 Å². The van der Waals surface area contributed by atoms with E-state index in [1.807, 2.05) is 24.3 Å². The molecule has 2 aliphatic rings. The van der Waals surface area contributed by atoms with E-state index in [2.05, 4.69) is 4.90 Å². The van der Waals surface area contributed by atoms with Gasteiger partial charge in [0.2, 0.25) is 0 Å². The number of nitrogens with zero attached hydrogens (tertiary/aromatic N) is 2. The summed E-state index contributed by atoms with van der Waals surface area (Å²) in [5.74, 6) is -1.91. The first-order chi connectivity index (χ1) is 15.4. The lowest BCUT2D eigenvalue weighted by atomic mass is 9.72. The van der Waals surface area contributed by atoms with Gasteiger partial charge in [0.1, 0.15) is 0 Å². The minimum atomic E-state index is -0.897. The highest BCUT2D eigenvalue weighted by molar-refractivity contribution is 5.65. The van der Waals surface area contributed by atoms with Gasteiger partial charge in [-0.15, -0.1) is 0 Å². The Labute approximate surface area is 187 Å². The summed E-state index contributed by atoms with van der Waals surface area (Å²) in [4.78, 5) is 14.9. The molecule has 0 radical (unpaired) electrons. The molecule has 2 aromatic carbocycles. The fourth-order valence-electron chi connectivity index (χ4n) is 5.09. The van der Waals surface area contributed by atoms with Crippen molar-refractivity contribution < 1.29 is 23.8 Å². The largest absolute Gasteiger partial charge is 0.465 e. The number of benzene rings is 2. The van der Waals surface area contributed by atoms with E-state index in [0.717, 1.165) is 49.3 Å². The maximum Gasteiger partial charge on any atom is 0.407 e. The van der Waals surface area contributed by atoms with Gasteiger partial charge < -0.3 is 15.1 Å². The average molecular weight is 445 g/mol. The van der Waals surface area contributed by atoms with Crippen LogP contribution in [0.15, 0.2) is 42.5 Å². The second kappa shape index (κ2) is 9.55. The lowest BCUT2D eigenvalue weighted by Gasteiger charge is -2.43. The molecular weight excluding hydrogens is 414 g/mol. The second-order valence-corrected chi connectivity index (χ2v) is 9.04. The van der Waals surface area contributed by atoms with Crippen LogP contribution in [0.3, 0.4) is 0 Å². The van der Waals surface area contributed by atoms with Gasteiger partial charge in [-0.2, -0.15) is 0 Å². The first kappa shape index (κ1) is 22.7. The molecule has 5 nitrogen and oxygen atoms in total. The highest BCUT2D eigenvalue weighted by Gasteiger charge is 2.40. The van der Waals surface area contributed by atoms with E-state index in [1.165, 1.54) is 11.0 Å². The first-order valence-electron chi connectivity index (χ1n) is 11.3. The van der Waals surface area contributed by atoms with Crippen LogP contribution in [0.4, 0.5) is 13.6 Å². The summed E-state index contributed by atoms with van der Waals surface area (Å²) in [6, 6.07) is 11.6. The van der Waals surface area contributed by atoms with Crippen LogP contribution in [0.1, 0.15) is 43.6 Å². The molecular formula is C25H30F2N2O3. The number of piperazine rings is 1. The molecule has 1 saturated carbocycles. The van der Waals surface area contributed by atoms with Gasteiger partial charge in [-0.05, 0) is 41.7 Å². The molecule has 1 amide bonds. The van der Waals surface area contributed by atoms with E-state index < -0.39 is 23.3 Å². The highest BCUT2D eigenvalue weighted by atomic mass is 19.2. The van der Waals surface area contributed by atoms with Crippen molar-refractivity contribution in [3.8, 4) is 11.1 Å². The molecule has 2 fully saturated rings. The predicted molar refractivity (Wildman–Crippen MR) is 119 cm³/mol. The van der Waals surface area contributed by atoms with Crippen molar-refractivity contribution in [3.63, 3.8) is 0 Å². The van der Waals surface area contributed by atoms with Crippen LogP contribution in [0.2, 0.25) is 0 Å². The van der Waals surface area contributed by atoms with Crippen molar-refractivity contribution in [1.29, 1.82) is 0 Å². The fraction of sp³-hybridized carbons (Fsp3) is 0.480. The van der Waals surface area contributed by atoms with Crippen molar-refractivity contribution in [2.24, 2.45) is 0 Å². The summed E-state index contributed by atoms with van der Waals surface area (Å²) >= 11 is 0. The summed E-state index contributed by atoms with van der Waals surface area (Å²) in [7, 11) is 0. The Morgan fingerprint density at radius 2 is 1.62 bits per heavy atom. The zero-order chi connectivity index (χ0) is 22.7. The Morgan fingerprint density at radius 3 is 2.28 bits per heavy atom. The number of carbonyl (C=O) groups is 1. The third kappa shape index (κ3) is 4.94. The average Bonchev–Trinajstić information content (AvgIpc) is 2.80. The molecule has 172 valence electrons. The number of carboxylic acid groups (broad SMARTS) is 1. The van der Waals surface area contributed by atoms with Gasteiger partial charge in [-0.25, -0.2) is 13.6 Å². The molecule has 0 spiro atoms. The number of halogens is 2. The van der Waals surface area contributed by atoms with Crippen molar-refractivity contribution in [2.45, 2.75) is 43.6 Å². The summed E-state index contributed by atoms with van der Waals surface area (Å²) in [5, 5.41) is 20.9. The SMILES string of the molecule is O=C(O)N1CCN(CC(c2cccc(-c3ccc(F)c(F)c3)c2)C2(O)CCCCC2)CC1. The fourth-order valence-corrected chi connectivity index (χ4v) is 5.09. The molecule has 1 atom stereocenters. The molecule has 1 saturated heterocycles. The number of hydrogen-bond donors (Lipinski definition) is 2. The van der Waals surface area contributed by atoms with Crippen LogP contribution in [0.25, 0.3) is 11.1 Å². The van der Waals surface area contributed by atoms with Gasteiger partial charge in [0.15, 0.2) is 11.6 Å². The molecule has 0 bridgehead atoms. The van der Waals surface area contributed by atoms with Crippen molar-refractivity contribution in [2.75, 3.05) is 32.7 Å². The Morgan fingerprint density at radius 1 is 0.938 bits per heavy atom. The highest BCUT2D eigenvalue weighted by Crippen LogP contribution is 2.41. The van der Waals surface area contributed by atoms with Crippen molar-refractivity contribution in [3.05, 3.63) is 59.7 Å². The number of hydrogen-bond acceptors (Lipinski definition) is 3. The molecule has 2 N–H and O–H groups in total. The molecule has 2 aromatic rings. The molecule has 32 heavy (non-hydrogen) atoms. The summed E-state index contributed by atoms with van der Waals surface area (Å²) < 4.78 is 27.2. The Balaban J connectivity index is 1.61. The summed E-state index contributed by atoms with van der Waals surface area (Å²) in [6.45, 7) is 2.79. The maximum absolute atomic E-state index is 13.8. The molecule has 1 heterocycles. The van der Waals surface area contributed by atoms with Crippen LogP contribution >= 0.6 is 0 Å². The molecule has 4 rings (SSSR count). The molecule has 1 aliphatic carbocycles. The second-order valence-electron chi connectivity index (χ2n) is 9.04. The normalized spacial score (nSPS) is 20.2. The van der Waals surface area contributed by atoms with Gasteiger partial charge in [-0.3, -0.25) is 4.90 Å². The minimum Gasteiger partial charge on any atom is -0.465 e. The maximum atomic E-state index is 13.8. The molecule has 1 unspecified atom stereocenters. The molecule has 1 aliphatic heterocycles. The van der Waals surface area contributed by atoms with E-state index >= 15 is 0 Å². The van der Waals surface area contributed by atoms with E-state index in [-0.39, 0.29) is 5.92 Å². The van der Waals surface area contributed by atoms with Crippen LogP contribution < -0.4 is 0 Å².